The molecule has 0 atom stereocenters. The van der Waals surface area contributed by atoms with E-state index in [0.717, 1.165) is 10.0 Å². The van der Waals surface area contributed by atoms with Crippen molar-refractivity contribution in [2.24, 2.45) is 0 Å². The van der Waals surface area contributed by atoms with Gasteiger partial charge >= 0.3 is 0 Å². The van der Waals surface area contributed by atoms with Gasteiger partial charge < -0.3 is 9.47 Å². The van der Waals surface area contributed by atoms with Crippen molar-refractivity contribution in [3.8, 4) is 11.5 Å². The molecule has 0 spiro atoms. The molecule has 0 fully saturated rings. The van der Waals surface area contributed by atoms with Crippen LogP contribution in [0.2, 0.25) is 0 Å². The molecule has 1 aliphatic heterocycles. The number of ether oxygens (including phenoxy) is 2. The molecule has 0 amide bonds. The van der Waals surface area contributed by atoms with Crippen molar-refractivity contribution in [1.29, 1.82) is 0 Å². The molecule has 1 aliphatic rings. The molecule has 1 heterocycles. The topological polar surface area (TPSA) is 35.5 Å². The summed E-state index contributed by atoms with van der Waals surface area (Å²) < 4.78 is 11.8. The summed E-state index contributed by atoms with van der Waals surface area (Å²) in [5, 5.41) is 0. The number of fused-ring (bicyclic) bond motifs is 1. The minimum Gasteiger partial charge on any atom is -0.486 e. The van der Waals surface area contributed by atoms with Crippen molar-refractivity contribution in [3.63, 3.8) is 0 Å². The van der Waals surface area contributed by atoms with Crippen LogP contribution in [-0.4, -0.2) is 19.0 Å². The maximum atomic E-state index is 12.5. The number of halogens is 1. The number of rotatable bonds is 2. The first-order valence-corrected chi connectivity index (χ1v) is 7.15. The van der Waals surface area contributed by atoms with Crippen molar-refractivity contribution in [3.05, 3.63) is 57.6 Å². The number of hydrogen-bond donors (Lipinski definition) is 0. The Morgan fingerprint density at radius 2 is 1.80 bits per heavy atom. The quantitative estimate of drug-likeness (QED) is 0.785. The minimum absolute atomic E-state index is 0.0335. The van der Waals surface area contributed by atoms with E-state index < -0.39 is 0 Å². The van der Waals surface area contributed by atoms with E-state index in [2.05, 4.69) is 15.9 Å². The average Bonchev–Trinajstić information content (AvgIpc) is 2.46. The molecule has 4 heteroatoms. The van der Waals surface area contributed by atoms with Crippen LogP contribution in [0, 0.1) is 6.92 Å². The largest absolute Gasteiger partial charge is 0.486 e. The first kappa shape index (κ1) is 13.2. The van der Waals surface area contributed by atoms with Gasteiger partial charge in [-0.2, -0.15) is 0 Å². The predicted molar refractivity (Wildman–Crippen MR) is 79.7 cm³/mol. The van der Waals surface area contributed by atoms with E-state index in [0.29, 0.717) is 35.8 Å². The van der Waals surface area contributed by atoms with Crippen LogP contribution in [0.5, 0.6) is 11.5 Å². The third-order valence-corrected chi connectivity index (χ3v) is 3.83. The standard InChI is InChI=1S/C16H13BrO3/c1-10-2-4-12(13(17)8-10)16(18)11-3-5-14-15(9-11)20-7-6-19-14/h2-5,8-9H,6-7H2,1H3. The fraction of sp³-hybridized carbons (Fsp3) is 0.188. The summed E-state index contributed by atoms with van der Waals surface area (Å²) in [6.07, 6.45) is 0. The third kappa shape index (κ3) is 2.43. The summed E-state index contributed by atoms with van der Waals surface area (Å²) >= 11 is 3.44. The van der Waals surface area contributed by atoms with Crippen molar-refractivity contribution in [2.45, 2.75) is 6.92 Å². The molecule has 3 rings (SSSR count). The highest BCUT2D eigenvalue weighted by atomic mass is 79.9. The normalized spacial score (nSPS) is 13.1. The predicted octanol–water partition coefficient (Wildman–Crippen LogP) is 3.76. The van der Waals surface area contributed by atoms with Gasteiger partial charge in [0.25, 0.3) is 0 Å². The minimum atomic E-state index is -0.0335. The van der Waals surface area contributed by atoms with Gasteiger partial charge in [-0.1, -0.05) is 22.0 Å². The fourth-order valence-electron chi connectivity index (χ4n) is 2.14. The Labute approximate surface area is 125 Å². The highest BCUT2D eigenvalue weighted by Gasteiger charge is 2.17. The Kier molecular flexibility index (Phi) is 3.49. The lowest BCUT2D eigenvalue weighted by atomic mass is 10.0. The van der Waals surface area contributed by atoms with Crippen molar-refractivity contribution >= 4 is 21.7 Å². The molecular weight excluding hydrogens is 320 g/mol. The van der Waals surface area contributed by atoms with Crippen LogP contribution in [0.15, 0.2) is 40.9 Å². The lowest BCUT2D eigenvalue weighted by molar-refractivity contribution is 0.103. The van der Waals surface area contributed by atoms with Crippen LogP contribution in [0.3, 0.4) is 0 Å². The Bertz CT molecular complexity index is 679. The SMILES string of the molecule is Cc1ccc(C(=O)c2ccc3c(c2)OCCO3)c(Br)c1. The summed E-state index contributed by atoms with van der Waals surface area (Å²) in [6, 6.07) is 11.0. The Balaban J connectivity index is 1.98. The molecule has 0 radical (unpaired) electrons. The van der Waals surface area contributed by atoms with Crippen LogP contribution in [0.25, 0.3) is 0 Å². The van der Waals surface area contributed by atoms with E-state index in [-0.39, 0.29) is 5.78 Å². The van der Waals surface area contributed by atoms with E-state index in [9.17, 15) is 4.79 Å². The summed E-state index contributed by atoms with van der Waals surface area (Å²) in [6.45, 7) is 3.05. The molecule has 0 aliphatic carbocycles. The van der Waals surface area contributed by atoms with Crippen LogP contribution in [0.1, 0.15) is 21.5 Å². The van der Waals surface area contributed by atoms with Crippen molar-refractivity contribution < 1.29 is 14.3 Å². The second kappa shape index (κ2) is 5.29. The van der Waals surface area contributed by atoms with Gasteiger partial charge in [0.15, 0.2) is 17.3 Å². The average molecular weight is 333 g/mol. The number of hydrogen-bond acceptors (Lipinski definition) is 3. The zero-order valence-electron chi connectivity index (χ0n) is 11.0. The second-order valence-electron chi connectivity index (χ2n) is 4.67. The van der Waals surface area contributed by atoms with E-state index >= 15 is 0 Å². The Morgan fingerprint density at radius 3 is 2.55 bits per heavy atom. The van der Waals surface area contributed by atoms with Gasteiger partial charge in [-0.15, -0.1) is 0 Å². The zero-order valence-corrected chi connectivity index (χ0v) is 12.6. The number of carbonyl (C=O) groups excluding carboxylic acids is 1. The second-order valence-corrected chi connectivity index (χ2v) is 5.53. The maximum Gasteiger partial charge on any atom is 0.194 e. The highest BCUT2D eigenvalue weighted by Crippen LogP contribution is 2.32. The van der Waals surface area contributed by atoms with Gasteiger partial charge in [0.05, 0.1) is 0 Å². The number of benzene rings is 2. The molecule has 20 heavy (non-hydrogen) atoms. The van der Waals surface area contributed by atoms with E-state index in [4.69, 9.17) is 9.47 Å². The van der Waals surface area contributed by atoms with Gasteiger partial charge in [0, 0.05) is 15.6 Å². The molecular formula is C16H13BrO3. The van der Waals surface area contributed by atoms with Gasteiger partial charge in [0.2, 0.25) is 0 Å². The number of aryl methyl sites for hydroxylation is 1. The summed E-state index contributed by atoms with van der Waals surface area (Å²) in [5.41, 5.74) is 2.35. The van der Waals surface area contributed by atoms with Crippen LogP contribution < -0.4 is 9.47 Å². The van der Waals surface area contributed by atoms with Crippen LogP contribution in [0.4, 0.5) is 0 Å². The van der Waals surface area contributed by atoms with E-state index in [1.54, 1.807) is 18.2 Å². The lowest BCUT2D eigenvalue weighted by Crippen LogP contribution is -2.16. The third-order valence-electron chi connectivity index (χ3n) is 3.17. The van der Waals surface area contributed by atoms with Crippen molar-refractivity contribution in [1.82, 2.24) is 0 Å². The van der Waals surface area contributed by atoms with Crippen LogP contribution in [-0.2, 0) is 0 Å². The first-order valence-electron chi connectivity index (χ1n) is 6.35. The molecule has 2 aromatic carbocycles. The van der Waals surface area contributed by atoms with Gasteiger partial charge in [-0.05, 0) is 42.8 Å². The monoisotopic (exact) mass is 332 g/mol. The highest BCUT2D eigenvalue weighted by molar-refractivity contribution is 9.10. The molecule has 0 aromatic heterocycles. The van der Waals surface area contributed by atoms with Gasteiger partial charge in [0.1, 0.15) is 13.2 Å². The summed E-state index contributed by atoms with van der Waals surface area (Å²) in [4.78, 5) is 12.5. The first-order chi connectivity index (χ1) is 9.65. The lowest BCUT2D eigenvalue weighted by Gasteiger charge is -2.18. The van der Waals surface area contributed by atoms with E-state index in [1.165, 1.54) is 0 Å². The summed E-state index contributed by atoms with van der Waals surface area (Å²) in [7, 11) is 0. The van der Waals surface area contributed by atoms with Gasteiger partial charge in [-0.3, -0.25) is 4.79 Å². The van der Waals surface area contributed by atoms with Gasteiger partial charge in [-0.25, -0.2) is 0 Å². The molecule has 0 unspecified atom stereocenters. The Morgan fingerprint density at radius 1 is 1.05 bits per heavy atom. The zero-order chi connectivity index (χ0) is 14.1. The maximum absolute atomic E-state index is 12.5. The molecule has 0 bridgehead atoms. The molecule has 2 aromatic rings. The fourth-order valence-corrected chi connectivity index (χ4v) is 2.82. The molecule has 0 saturated heterocycles. The molecule has 0 saturated carbocycles. The summed E-state index contributed by atoms with van der Waals surface area (Å²) in [5.74, 6) is 1.29. The van der Waals surface area contributed by atoms with Crippen molar-refractivity contribution in [2.75, 3.05) is 13.2 Å². The molecule has 3 nitrogen and oxygen atoms in total. The Hall–Kier alpha value is -1.81. The molecule has 0 N–H and O–H groups in total. The smallest absolute Gasteiger partial charge is 0.194 e. The van der Waals surface area contributed by atoms with E-state index in [1.807, 2.05) is 25.1 Å². The molecule has 102 valence electrons. The number of carbonyl (C=O) groups is 1. The van der Waals surface area contributed by atoms with Crippen LogP contribution >= 0.6 is 15.9 Å². The number of ketones is 1.